The van der Waals surface area contributed by atoms with Gasteiger partial charge in [-0.2, -0.15) is 0 Å². The fourth-order valence-electron chi connectivity index (χ4n) is 0.486. The summed E-state index contributed by atoms with van der Waals surface area (Å²) >= 11 is 0. The molecule has 2 heteroatoms. The minimum atomic E-state index is 1.06. The number of hydrogen-bond donors (Lipinski definition) is 2. The fourth-order valence-corrected chi connectivity index (χ4v) is 0.486. The molecule has 1 aromatic heterocycles. The van der Waals surface area contributed by atoms with Crippen molar-refractivity contribution in [2.24, 2.45) is 0 Å². The van der Waals surface area contributed by atoms with Gasteiger partial charge < -0.3 is 10.3 Å². The molecule has 1 aromatic rings. The van der Waals surface area contributed by atoms with E-state index in [4.69, 9.17) is 0 Å². The monoisotopic (exact) mass is 96.1 g/mol. The summed E-state index contributed by atoms with van der Waals surface area (Å²) in [5, 5.41) is 2.95. The highest BCUT2D eigenvalue weighted by Gasteiger charge is 1.78. The Morgan fingerprint density at radius 2 is 2.57 bits per heavy atom. The fraction of sp³-hybridized carbons (Fsp3) is 0.200. The molecule has 38 valence electrons. The predicted octanol–water partition coefficient (Wildman–Crippen LogP) is 1.06. The van der Waals surface area contributed by atoms with Gasteiger partial charge in [0.05, 0.1) is 0 Å². The van der Waals surface area contributed by atoms with E-state index < -0.39 is 0 Å². The molecule has 0 amide bonds. The number of rotatable bonds is 1. The van der Waals surface area contributed by atoms with E-state index in [1.807, 2.05) is 25.4 Å². The number of aromatic amines is 1. The zero-order valence-corrected chi connectivity index (χ0v) is 4.23. The van der Waals surface area contributed by atoms with Crippen molar-refractivity contribution in [2.75, 3.05) is 12.4 Å². The number of hydrogen-bond acceptors (Lipinski definition) is 1. The molecule has 0 unspecified atom stereocenters. The van der Waals surface area contributed by atoms with Gasteiger partial charge in [-0.05, 0) is 12.1 Å². The van der Waals surface area contributed by atoms with E-state index in [0.29, 0.717) is 0 Å². The molecular formula is C5H8N2. The Labute approximate surface area is 42.6 Å². The van der Waals surface area contributed by atoms with Gasteiger partial charge in [-0.25, -0.2) is 0 Å². The normalized spacial score (nSPS) is 8.71. The van der Waals surface area contributed by atoms with Crippen LogP contribution in [0.1, 0.15) is 0 Å². The summed E-state index contributed by atoms with van der Waals surface area (Å²) in [7, 11) is 1.88. The molecule has 0 bridgehead atoms. The van der Waals surface area contributed by atoms with Crippen molar-refractivity contribution in [3.05, 3.63) is 18.3 Å². The summed E-state index contributed by atoms with van der Waals surface area (Å²) < 4.78 is 0. The molecule has 0 fully saturated rings. The van der Waals surface area contributed by atoms with Crippen molar-refractivity contribution in [1.29, 1.82) is 0 Å². The van der Waals surface area contributed by atoms with Gasteiger partial charge in [0, 0.05) is 13.2 Å². The van der Waals surface area contributed by atoms with E-state index in [9.17, 15) is 0 Å². The van der Waals surface area contributed by atoms with Crippen LogP contribution in [-0.2, 0) is 0 Å². The highest BCUT2D eigenvalue weighted by atomic mass is 14.9. The topological polar surface area (TPSA) is 27.8 Å². The van der Waals surface area contributed by atoms with Crippen molar-refractivity contribution in [3.8, 4) is 0 Å². The van der Waals surface area contributed by atoms with Crippen LogP contribution in [-0.4, -0.2) is 12.0 Å². The summed E-state index contributed by atoms with van der Waals surface area (Å²) in [6.07, 6.45) is 1.88. The molecule has 0 spiro atoms. The van der Waals surface area contributed by atoms with Gasteiger partial charge >= 0.3 is 0 Å². The third kappa shape index (κ3) is 0.738. The van der Waals surface area contributed by atoms with Gasteiger partial charge in [-0.1, -0.05) is 0 Å². The summed E-state index contributed by atoms with van der Waals surface area (Å²) in [6.45, 7) is 0. The molecule has 2 nitrogen and oxygen atoms in total. The molecule has 0 atom stereocenters. The molecule has 0 saturated heterocycles. The Hall–Kier alpha value is -0.920. The van der Waals surface area contributed by atoms with Crippen LogP contribution in [0.2, 0.25) is 0 Å². The van der Waals surface area contributed by atoms with E-state index >= 15 is 0 Å². The molecule has 7 heavy (non-hydrogen) atoms. The van der Waals surface area contributed by atoms with Crippen LogP contribution in [0.3, 0.4) is 0 Å². The third-order valence-electron chi connectivity index (χ3n) is 0.867. The van der Waals surface area contributed by atoms with Gasteiger partial charge in [0.2, 0.25) is 0 Å². The van der Waals surface area contributed by atoms with Crippen LogP contribution in [0.25, 0.3) is 0 Å². The average Bonchev–Trinajstić information content (AvgIpc) is 2.14. The Balaban J connectivity index is 2.76. The Bertz CT molecular complexity index is 121. The van der Waals surface area contributed by atoms with E-state index in [1.165, 1.54) is 0 Å². The first-order valence-electron chi connectivity index (χ1n) is 2.24. The van der Waals surface area contributed by atoms with Gasteiger partial charge in [-0.15, -0.1) is 0 Å². The molecule has 2 N–H and O–H groups in total. The van der Waals surface area contributed by atoms with Gasteiger partial charge in [0.25, 0.3) is 0 Å². The molecule has 1 rings (SSSR count). The summed E-state index contributed by atoms with van der Waals surface area (Å²) in [4.78, 5) is 2.98. The van der Waals surface area contributed by atoms with Crippen molar-refractivity contribution in [1.82, 2.24) is 4.98 Å². The molecule has 0 aliphatic carbocycles. The smallest absolute Gasteiger partial charge is 0.102 e. The first-order chi connectivity index (χ1) is 3.43. The first-order valence-corrected chi connectivity index (χ1v) is 2.24. The van der Waals surface area contributed by atoms with E-state index in [2.05, 4.69) is 10.3 Å². The Kier molecular flexibility index (Phi) is 1.02. The second-order valence-electron chi connectivity index (χ2n) is 1.33. The molecule has 0 aromatic carbocycles. The zero-order valence-electron chi connectivity index (χ0n) is 4.23. The molecule has 0 aliphatic rings. The van der Waals surface area contributed by atoms with E-state index in [1.54, 1.807) is 0 Å². The highest BCUT2D eigenvalue weighted by Crippen LogP contribution is 1.96. The molecule has 0 radical (unpaired) electrons. The number of nitrogens with one attached hydrogen (secondary N) is 2. The lowest BCUT2D eigenvalue weighted by Gasteiger charge is -1.87. The van der Waals surface area contributed by atoms with E-state index in [0.717, 1.165) is 5.82 Å². The SMILES string of the molecule is CNc1ccc[nH]1. The van der Waals surface area contributed by atoms with Crippen molar-refractivity contribution in [3.63, 3.8) is 0 Å². The average molecular weight is 96.1 g/mol. The van der Waals surface area contributed by atoms with Crippen LogP contribution in [0.4, 0.5) is 5.82 Å². The largest absolute Gasteiger partial charge is 0.375 e. The maximum atomic E-state index is 2.98. The number of anilines is 1. The lowest BCUT2D eigenvalue weighted by Crippen LogP contribution is -1.84. The number of aromatic nitrogens is 1. The van der Waals surface area contributed by atoms with E-state index in [-0.39, 0.29) is 0 Å². The van der Waals surface area contributed by atoms with Crippen molar-refractivity contribution >= 4 is 5.82 Å². The Morgan fingerprint density at radius 3 is 2.86 bits per heavy atom. The Morgan fingerprint density at radius 1 is 1.71 bits per heavy atom. The lowest BCUT2D eigenvalue weighted by atomic mass is 10.6. The number of H-pyrrole nitrogens is 1. The molecule has 1 heterocycles. The van der Waals surface area contributed by atoms with Gasteiger partial charge in [-0.3, -0.25) is 0 Å². The van der Waals surface area contributed by atoms with Crippen LogP contribution in [0.15, 0.2) is 18.3 Å². The van der Waals surface area contributed by atoms with Gasteiger partial charge in [0.15, 0.2) is 0 Å². The van der Waals surface area contributed by atoms with Crippen molar-refractivity contribution in [2.45, 2.75) is 0 Å². The highest BCUT2D eigenvalue weighted by molar-refractivity contribution is 5.32. The maximum absolute atomic E-state index is 2.98. The zero-order chi connectivity index (χ0) is 5.11. The first kappa shape index (κ1) is 4.24. The van der Waals surface area contributed by atoms with Crippen LogP contribution in [0.5, 0.6) is 0 Å². The van der Waals surface area contributed by atoms with Crippen LogP contribution < -0.4 is 5.32 Å². The molecule has 0 aliphatic heterocycles. The predicted molar refractivity (Wildman–Crippen MR) is 30.3 cm³/mol. The van der Waals surface area contributed by atoms with Crippen molar-refractivity contribution < 1.29 is 0 Å². The minimum absolute atomic E-state index is 1.06. The molecule has 0 saturated carbocycles. The van der Waals surface area contributed by atoms with Crippen LogP contribution in [0, 0.1) is 0 Å². The summed E-state index contributed by atoms with van der Waals surface area (Å²) in [5.74, 6) is 1.06. The van der Waals surface area contributed by atoms with Crippen LogP contribution >= 0.6 is 0 Å². The quantitative estimate of drug-likeness (QED) is 0.537. The molecular weight excluding hydrogens is 88.1 g/mol. The maximum Gasteiger partial charge on any atom is 0.102 e. The second-order valence-corrected chi connectivity index (χ2v) is 1.33. The summed E-state index contributed by atoms with van der Waals surface area (Å²) in [6, 6.07) is 3.92. The second kappa shape index (κ2) is 1.69. The third-order valence-corrected chi connectivity index (χ3v) is 0.867. The standard InChI is InChI=1S/C5H8N2/c1-6-5-3-2-4-7-5/h2-4,6-7H,1H3. The lowest BCUT2D eigenvalue weighted by molar-refractivity contribution is 1.35. The van der Waals surface area contributed by atoms with Gasteiger partial charge in [0.1, 0.15) is 5.82 Å². The summed E-state index contributed by atoms with van der Waals surface area (Å²) in [5.41, 5.74) is 0. The minimum Gasteiger partial charge on any atom is -0.375 e.